The summed E-state index contributed by atoms with van der Waals surface area (Å²) in [4.78, 5) is 0. The average Bonchev–Trinajstić information content (AvgIpc) is 2.99. The van der Waals surface area contributed by atoms with Crippen molar-refractivity contribution in [2.75, 3.05) is 13.2 Å². The van der Waals surface area contributed by atoms with Crippen LogP contribution in [0, 0.1) is 11.8 Å². The first kappa shape index (κ1) is 16.8. The van der Waals surface area contributed by atoms with Gasteiger partial charge in [0.2, 0.25) is 6.29 Å². The summed E-state index contributed by atoms with van der Waals surface area (Å²) in [5.74, 6) is -0.0850. The molecule has 8 nitrogen and oxygen atoms in total. The molecule has 2 aliphatic heterocycles. The van der Waals surface area contributed by atoms with E-state index in [4.69, 9.17) is 14.2 Å². The molecule has 0 radical (unpaired) electrons. The van der Waals surface area contributed by atoms with Gasteiger partial charge in [0, 0.05) is 0 Å². The van der Waals surface area contributed by atoms with E-state index >= 15 is 0 Å². The molecule has 1 aliphatic carbocycles. The molecular formula is C15H22O8. The fourth-order valence-electron chi connectivity index (χ4n) is 3.33. The number of ether oxygens (including phenoxy) is 3. The Labute approximate surface area is 133 Å². The highest BCUT2D eigenvalue weighted by Gasteiger charge is 2.47. The molecule has 2 heterocycles. The zero-order valence-electron chi connectivity index (χ0n) is 12.4. The van der Waals surface area contributed by atoms with Crippen LogP contribution in [0.2, 0.25) is 0 Å². The van der Waals surface area contributed by atoms with Crippen molar-refractivity contribution in [3.8, 4) is 0 Å². The Morgan fingerprint density at radius 1 is 1.09 bits per heavy atom. The summed E-state index contributed by atoms with van der Waals surface area (Å²) in [6, 6.07) is 0. The maximum atomic E-state index is 10.0. The lowest BCUT2D eigenvalue weighted by atomic mass is 9.89. The van der Waals surface area contributed by atoms with Gasteiger partial charge in [-0.1, -0.05) is 6.08 Å². The van der Waals surface area contributed by atoms with Crippen molar-refractivity contribution < 1.29 is 39.7 Å². The molecule has 0 aromatic carbocycles. The van der Waals surface area contributed by atoms with Crippen LogP contribution in [0.1, 0.15) is 6.42 Å². The van der Waals surface area contributed by atoms with Gasteiger partial charge in [0.05, 0.1) is 25.4 Å². The standard InChI is InChI=1S/C15H22O8/c16-5-8-2-1-7-3-4-21-14(10(7)8)23-15-13(20)12(19)11(18)9(6-17)22-15/h2-4,7,9-20H,1,5-6H2/t7-,9+,10+,11+,12-,13+,14-,15-/m0/s1. The topological polar surface area (TPSA) is 129 Å². The SMILES string of the molecule is OCC1=CC[C@H]2C=CO[C@@H](O[C@@H]3O[C@H](CO)[C@@H](O)[C@H](O)[C@H]3O)[C@@H]12. The second-order valence-corrected chi connectivity index (χ2v) is 6.03. The minimum absolute atomic E-state index is 0.118. The number of aliphatic hydroxyl groups is 5. The second-order valence-electron chi connectivity index (χ2n) is 6.03. The molecule has 0 spiro atoms. The van der Waals surface area contributed by atoms with Gasteiger partial charge in [-0.3, -0.25) is 0 Å². The largest absolute Gasteiger partial charge is 0.472 e. The van der Waals surface area contributed by atoms with Crippen molar-refractivity contribution >= 4 is 0 Å². The molecule has 8 atom stereocenters. The molecule has 0 bridgehead atoms. The number of allylic oxidation sites excluding steroid dienone is 2. The third-order valence-corrected chi connectivity index (χ3v) is 4.67. The monoisotopic (exact) mass is 330 g/mol. The van der Waals surface area contributed by atoms with Gasteiger partial charge >= 0.3 is 0 Å². The third-order valence-electron chi connectivity index (χ3n) is 4.67. The summed E-state index contributed by atoms with van der Waals surface area (Å²) < 4.78 is 16.4. The van der Waals surface area contributed by atoms with E-state index in [0.29, 0.717) is 0 Å². The minimum Gasteiger partial charge on any atom is -0.472 e. The Balaban J connectivity index is 1.72. The molecular weight excluding hydrogens is 308 g/mol. The van der Waals surface area contributed by atoms with Crippen LogP contribution in [0.4, 0.5) is 0 Å². The van der Waals surface area contributed by atoms with Crippen molar-refractivity contribution in [3.63, 3.8) is 0 Å². The molecule has 0 unspecified atom stereocenters. The number of hydrogen-bond acceptors (Lipinski definition) is 8. The molecule has 5 N–H and O–H groups in total. The first-order chi connectivity index (χ1) is 11.1. The fourth-order valence-corrected chi connectivity index (χ4v) is 3.33. The van der Waals surface area contributed by atoms with E-state index in [1.807, 2.05) is 12.2 Å². The van der Waals surface area contributed by atoms with Gasteiger partial charge in [0.25, 0.3) is 0 Å². The lowest BCUT2D eigenvalue weighted by Crippen LogP contribution is -2.60. The molecule has 3 aliphatic rings. The van der Waals surface area contributed by atoms with Gasteiger partial charge in [0.1, 0.15) is 24.4 Å². The Bertz CT molecular complexity index is 476. The normalized spacial score (nSPS) is 46.2. The Morgan fingerprint density at radius 3 is 2.57 bits per heavy atom. The first-order valence-corrected chi connectivity index (χ1v) is 7.64. The van der Waals surface area contributed by atoms with Crippen LogP contribution in [0.3, 0.4) is 0 Å². The molecule has 0 aromatic rings. The predicted molar refractivity (Wildman–Crippen MR) is 75.6 cm³/mol. The molecule has 130 valence electrons. The van der Waals surface area contributed by atoms with Crippen molar-refractivity contribution in [2.45, 2.75) is 43.4 Å². The van der Waals surface area contributed by atoms with Crippen LogP contribution in [0.25, 0.3) is 0 Å². The summed E-state index contributed by atoms with van der Waals surface area (Å²) >= 11 is 0. The summed E-state index contributed by atoms with van der Waals surface area (Å²) in [6.07, 6.45) is -1.44. The molecule has 1 fully saturated rings. The zero-order chi connectivity index (χ0) is 16.6. The number of fused-ring (bicyclic) bond motifs is 1. The molecule has 8 heteroatoms. The average molecular weight is 330 g/mol. The molecule has 23 heavy (non-hydrogen) atoms. The highest BCUT2D eigenvalue weighted by molar-refractivity contribution is 5.21. The smallest absolute Gasteiger partial charge is 0.208 e. The molecule has 0 amide bonds. The van der Waals surface area contributed by atoms with E-state index in [0.717, 1.165) is 12.0 Å². The molecule has 3 rings (SSSR count). The van der Waals surface area contributed by atoms with Crippen molar-refractivity contribution in [3.05, 3.63) is 24.0 Å². The lowest BCUT2D eigenvalue weighted by Gasteiger charge is -2.42. The third kappa shape index (κ3) is 3.03. The van der Waals surface area contributed by atoms with Crippen LogP contribution in [-0.2, 0) is 14.2 Å². The van der Waals surface area contributed by atoms with E-state index in [1.54, 1.807) is 0 Å². The number of rotatable bonds is 4. The maximum absolute atomic E-state index is 10.0. The van der Waals surface area contributed by atoms with E-state index in [2.05, 4.69) is 0 Å². The van der Waals surface area contributed by atoms with Crippen LogP contribution in [-0.4, -0.2) is 75.7 Å². The lowest BCUT2D eigenvalue weighted by molar-refractivity contribution is -0.339. The summed E-state index contributed by atoms with van der Waals surface area (Å²) in [5.41, 5.74) is 0.786. The Morgan fingerprint density at radius 2 is 1.87 bits per heavy atom. The zero-order valence-corrected chi connectivity index (χ0v) is 12.4. The Hall–Kier alpha value is -1.00. The summed E-state index contributed by atoms with van der Waals surface area (Å²) in [7, 11) is 0. The van der Waals surface area contributed by atoms with Crippen LogP contribution >= 0.6 is 0 Å². The Kier molecular flexibility index (Phi) is 5.02. The highest BCUT2D eigenvalue weighted by atomic mass is 16.8. The number of hydrogen-bond donors (Lipinski definition) is 5. The van der Waals surface area contributed by atoms with Crippen molar-refractivity contribution in [1.82, 2.24) is 0 Å². The molecule has 0 aromatic heterocycles. The molecule has 1 saturated heterocycles. The van der Waals surface area contributed by atoms with Gasteiger partial charge in [-0.05, 0) is 24.0 Å². The minimum atomic E-state index is -1.50. The van der Waals surface area contributed by atoms with Gasteiger partial charge < -0.3 is 39.7 Å². The van der Waals surface area contributed by atoms with E-state index < -0.39 is 43.6 Å². The van der Waals surface area contributed by atoms with Crippen molar-refractivity contribution in [2.24, 2.45) is 11.8 Å². The summed E-state index contributed by atoms with van der Waals surface area (Å²) in [5, 5.41) is 48.3. The van der Waals surface area contributed by atoms with E-state index in [-0.39, 0.29) is 18.4 Å². The van der Waals surface area contributed by atoms with Crippen LogP contribution in [0.15, 0.2) is 24.0 Å². The maximum Gasteiger partial charge on any atom is 0.208 e. The van der Waals surface area contributed by atoms with Gasteiger partial charge in [0.15, 0.2) is 6.29 Å². The van der Waals surface area contributed by atoms with Gasteiger partial charge in [-0.2, -0.15) is 0 Å². The van der Waals surface area contributed by atoms with E-state index in [9.17, 15) is 25.5 Å². The van der Waals surface area contributed by atoms with Gasteiger partial charge in [-0.15, -0.1) is 0 Å². The quantitative estimate of drug-likeness (QED) is 0.383. The second kappa shape index (κ2) is 6.86. The first-order valence-electron chi connectivity index (χ1n) is 7.64. The summed E-state index contributed by atoms with van der Waals surface area (Å²) in [6.45, 7) is -0.642. The number of aliphatic hydroxyl groups excluding tert-OH is 5. The van der Waals surface area contributed by atoms with Gasteiger partial charge in [-0.25, -0.2) is 0 Å². The fraction of sp³-hybridized carbons (Fsp3) is 0.733. The van der Waals surface area contributed by atoms with Crippen LogP contribution in [0.5, 0.6) is 0 Å². The van der Waals surface area contributed by atoms with Crippen LogP contribution < -0.4 is 0 Å². The highest BCUT2D eigenvalue weighted by Crippen LogP contribution is 2.40. The van der Waals surface area contributed by atoms with E-state index in [1.165, 1.54) is 6.26 Å². The predicted octanol–water partition coefficient (Wildman–Crippen LogP) is -1.77. The molecule has 0 saturated carbocycles. The van der Waals surface area contributed by atoms with Crippen molar-refractivity contribution in [1.29, 1.82) is 0 Å².